The second kappa shape index (κ2) is 4.00. The zero-order valence-corrected chi connectivity index (χ0v) is 8.56. The van der Waals surface area contributed by atoms with E-state index in [0.717, 1.165) is 25.0 Å². The topological polar surface area (TPSA) is 27.7 Å². The molecule has 2 aliphatic rings. The molecule has 0 aromatic rings. The molecule has 0 amide bonds. The van der Waals surface area contributed by atoms with Crippen LogP contribution in [0.5, 0.6) is 0 Å². The van der Waals surface area contributed by atoms with E-state index in [1.165, 1.54) is 5.57 Å². The van der Waals surface area contributed by atoms with Crippen LogP contribution >= 0.6 is 11.8 Å². The summed E-state index contributed by atoms with van der Waals surface area (Å²) in [5.74, 6) is 0.212. The third kappa shape index (κ3) is 1.76. The van der Waals surface area contributed by atoms with Crippen molar-refractivity contribution < 1.29 is 14.5 Å². The maximum Gasteiger partial charge on any atom is 0.233 e. The summed E-state index contributed by atoms with van der Waals surface area (Å²) >= 11 is 1.73. The van der Waals surface area contributed by atoms with Crippen molar-refractivity contribution in [2.24, 2.45) is 0 Å². The minimum atomic E-state index is -0.592. The summed E-state index contributed by atoms with van der Waals surface area (Å²) in [6.07, 6.45) is 3.27. The van der Waals surface area contributed by atoms with Crippen LogP contribution in [0, 0.1) is 0 Å². The van der Waals surface area contributed by atoms with Gasteiger partial charge in [0.15, 0.2) is 0 Å². The molecule has 0 aromatic heterocycles. The predicted octanol–water partition coefficient (Wildman–Crippen LogP) is 2.09. The van der Waals surface area contributed by atoms with Gasteiger partial charge in [0.05, 0.1) is 12.4 Å². The Labute approximate surface area is 82.4 Å². The molecular weight excluding hydrogens is 188 g/mol. The van der Waals surface area contributed by atoms with Gasteiger partial charge in [-0.2, -0.15) is 4.89 Å². The first-order chi connectivity index (χ1) is 6.37. The number of hydrogen-bond acceptors (Lipinski definition) is 4. The normalized spacial score (nSPS) is 34.7. The maximum absolute atomic E-state index is 5.40. The Morgan fingerprint density at radius 3 is 3.31 bits per heavy atom. The van der Waals surface area contributed by atoms with Crippen molar-refractivity contribution in [2.75, 3.05) is 19.5 Å². The Bertz CT molecular complexity index is 217. The first-order valence-electron chi connectivity index (χ1n) is 4.54. The Balaban J connectivity index is 2.13. The summed E-state index contributed by atoms with van der Waals surface area (Å²) in [6, 6.07) is 0. The maximum atomic E-state index is 5.40. The van der Waals surface area contributed by atoms with Crippen LogP contribution in [0.15, 0.2) is 11.0 Å². The quantitative estimate of drug-likeness (QED) is 0.608. The number of rotatable bonds is 1. The van der Waals surface area contributed by atoms with E-state index in [4.69, 9.17) is 14.5 Å². The molecule has 0 saturated carbocycles. The number of ether oxygens (including phenoxy) is 1. The zero-order chi connectivity index (χ0) is 9.15. The van der Waals surface area contributed by atoms with Crippen molar-refractivity contribution >= 4 is 11.8 Å². The molecule has 1 unspecified atom stereocenters. The van der Waals surface area contributed by atoms with E-state index in [1.54, 1.807) is 18.9 Å². The second-order valence-electron chi connectivity index (χ2n) is 3.27. The van der Waals surface area contributed by atoms with Crippen LogP contribution in [-0.2, 0) is 14.5 Å². The van der Waals surface area contributed by atoms with E-state index in [9.17, 15) is 0 Å². The Morgan fingerprint density at radius 2 is 2.46 bits per heavy atom. The lowest BCUT2D eigenvalue weighted by atomic mass is 10.0. The number of thioether (sulfide) groups is 1. The first-order valence-corrected chi connectivity index (χ1v) is 5.59. The lowest BCUT2D eigenvalue weighted by molar-refractivity contribution is -0.406. The van der Waals surface area contributed by atoms with Gasteiger partial charge in [0.25, 0.3) is 0 Å². The zero-order valence-electron chi connectivity index (χ0n) is 7.75. The van der Waals surface area contributed by atoms with Gasteiger partial charge in [0.1, 0.15) is 0 Å². The Kier molecular flexibility index (Phi) is 2.93. The fourth-order valence-electron chi connectivity index (χ4n) is 1.60. The highest BCUT2D eigenvalue weighted by molar-refractivity contribution is 8.02. The summed E-state index contributed by atoms with van der Waals surface area (Å²) in [5.41, 5.74) is 1.22. The van der Waals surface area contributed by atoms with Gasteiger partial charge in [-0.1, -0.05) is 0 Å². The van der Waals surface area contributed by atoms with Gasteiger partial charge in [0.2, 0.25) is 5.79 Å². The molecule has 2 aliphatic heterocycles. The largest absolute Gasteiger partial charge is 0.347 e. The van der Waals surface area contributed by atoms with Gasteiger partial charge in [-0.3, -0.25) is 0 Å². The minimum Gasteiger partial charge on any atom is -0.347 e. The van der Waals surface area contributed by atoms with E-state index in [2.05, 4.69) is 5.41 Å². The SMILES string of the molecule is COC12CSC=C1CCCCOO2. The fraction of sp³-hybridized carbons (Fsp3) is 0.778. The average Bonchev–Trinajstić information content (AvgIpc) is 2.49. The highest BCUT2D eigenvalue weighted by Crippen LogP contribution is 2.39. The molecule has 0 aliphatic carbocycles. The van der Waals surface area contributed by atoms with Gasteiger partial charge in [-0.25, -0.2) is 4.89 Å². The van der Waals surface area contributed by atoms with Gasteiger partial charge in [-0.05, 0) is 30.2 Å². The van der Waals surface area contributed by atoms with Crippen LogP contribution in [0.2, 0.25) is 0 Å². The summed E-state index contributed by atoms with van der Waals surface area (Å²) < 4.78 is 5.40. The summed E-state index contributed by atoms with van der Waals surface area (Å²) in [6.45, 7) is 0.670. The fourth-order valence-corrected chi connectivity index (χ4v) is 2.75. The molecule has 2 heterocycles. The van der Waals surface area contributed by atoms with Gasteiger partial charge >= 0.3 is 0 Å². The smallest absolute Gasteiger partial charge is 0.233 e. The van der Waals surface area contributed by atoms with Crippen LogP contribution in [0.25, 0.3) is 0 Å². The van der Waals surface area contributed by atoms with E-state index in [-0.39, 0.29) is 0 Å². The average molecular weight is 202 g/mol. The number of fused-ring (bicyclic) bond motifs is 1. The lowest BCUT2D eigenvalue weighted by Gasteiger charge is -2.30. The van der Waals surface area contributed by atoms with E-state index in [0.29, 0.717) is 6.61 Å². The lowest BCUT2D eigenvalue weighted by Crippen LogP contribution is -2.38. The number of methoxy groups -OCH3 is 1. The molecule has 0 N–H and O–H groups in total. The highest BCUT2D eigenvalue weighted by Gasteiger charge is 2.41. The van der Waals surface area contributed by atoms with Crippen LogP contribution in [0.1, 0.15) is 19.3 Å². The van der Waals surface area contributed by atoms with Crippen LogP contribution in [-0.4, -0.2) is 25.3 Å². The van der Waals surface area contributed by atoms with Crippen LogP contribution in [0.3, 0.4) is 0 Å². The van der Waals surface area contributed by atoms with Crippen molar-refractivity contribution in [2.45, 2.75) is 25.0 Å². The van der Waals surface area contributed by atoms with Crippen LogP contribution < -0.4 is 0 Å². The van der Waals surface area contributed by atoms with Gasteiger partial charge in [0, 0.05) is 7.11 Å². The molecule has 3 nitrogen and oxygen atoms in total. The van der Waals surface area contributed by atoms with E-state index < -0.39 is 5.79 Å². The Hall–Kier alpha value is -0.0300. The molecule has 2 rings (SSSR count). The predicted molar refractivity (Wildman–Crippen MR) is 51.2 cm³/mol. The molecule has 1 fully saturated rings. The van der Waals surface area contributed by atoms with Crippen molar-refractivity contribution in [3.05, 3.63) is 11.0 Å². The molecule has 74 valence electrons. The monoisotopic (exact) mass is 202 g/mol. The summed E-state index contributed by atoms with van der Waals surface area (Å²) in [7, 11) is 1.67. The van der Waals surface area contributed by atoms with Crippen LogP contribution in [0.4, 0.5) is 0 Å². The number of hydrogen-bond donors (Lipinski definition) is 0. The van der Waals surface area contributed by atoms with Crippen molar-refractivity contribution in [3.63, 3.8) is 0 Å². The van der Waals surface area contributed by atoms with Crippen molar-refractivity contribution in [1.29, 1.82) is 0 Å². The molecule has 1 saturated heterocycles. The highest BCUT2D eigenvalue weighted by atomic mass is 32.2. The van der Waals surface area contributed by atoms with Crippen molar-refractivity contribution in [3.8, 4) is 0 Å². The molecule has 4 heteroatoms. The molecule has 1 atom stereocenters. The molecular formula is C9H14O3S. The molecule has 0 spiro atoms. The molecule has 0 bridgehead atoms. The second-order valence-corrected chi connectivity index (χ2v) is 4.13. The minimum absolute atomic E-state index is 0.592. The third-order valence-electron chi connectivity index (χ3n) is 2.44. The molecule has 0 aromatic carbocycles. The third-order valence-corrected chi connectivity index (χ3v) is 3.43. The summed E-state index contributed by atoms with van der Waals surface area (Å²) in [4.78, 5) is 10.4. The molecule has 13 heavy (non-hydrogen) atoms. The van der Waals surface area contributed by atoms with Crippen molar-refractivity contribution in [1.82, 2.24) is 0 Å². The van der Waals surface area contributed by atoms with Gasteiger partial charge in [-0.15, -0.1) is 11.8 Å². The van der Waals surface area contributed by atoms with E-state index in [1.807, 2.05) is 0 Å². The molecule has 0 radical (unpaired) electrons. The summed E-state index contributed by atoms with van der Waals surface area (Å²) in [5, 5.41) is 2.14. The Morgan fingerprint density at radius 1 is 1.54 bits per heavy atom. The first kappa shape index (κ1) is 9.52. The van der Waals surface area contributed by atoms with E-state index >= 15 is 0 Å². The standard InChI is InChI=1S/C9H14O3S/c1-10-9-7-13-6-8(9)4-2-3-5-11-12-9/h6H,2-5,7H2,1H3. The van der Waals surface area contributed by atoms with Gasteiger partial charge < -0.3 is 4.74 Å².